The molecule has 188 valence electrons. The maximum Gasteiger partial charge on any atom is 0.209 e. The van der Waals surface area contributed by atoms with Crippen LogP contribution in [0, 0.1) is 0 Å². The third-order valence-electron chi connectivity index (χ3n) is 7.40. The monoisotopic (exact) mass is 500 g/mol. The molecule has 0 N–H and O–H groups in total. The van der Waals surface area contributed by atoms with Gasteiger partial charge in [0.25, 0.3) is 0 Å². The van der Waals surface area contributed by atoms with Crippen LogP contribution in [0.25, 0.3) is 0 Å². The molecule has 2 aliphatic heterocycles. The maximum absolute atomic E-state index is 6.66. The molecule has 4 nitrogen and oxygen atoms in total. The third kappa shape index (κ3) is 4.22. The van der Waals surface area contributed by atoms with Gasteiger partial charge in [-0.25, -0.2) is 0 Å². The van der Waals surface area contributed by atoms with Crippen molar-refractivity contribution in [2.24, 2.45) is 0 Å². The molecule has 2 saturated heterocycles. The molecule has 7 rings (SSSR count). The van der Waals surface area contributed by atoms with Gasteiger partial charge in [-0.3, -0.25) is 0 Å². The Labute approximate surface area is 222 Å². The highest BCUT2D eigenvalue weighted by atomic mass is 16.8. The van der Waals surface area contributed by atoms with E-state index in [1.54, 1.807) is 0 Å². The maximum atomic E-state index is 6.66. The van der Waals surface area contributed by atoms with Crippen LogP contribution < -0.4 is 0 Å². The van der Waals surface area contributed by atoms with Crippen molar-refractivity contribution < 1.29 is 18.9 Å². The normalized spacial score (nSPS) is 26.7. The molecule has 4 aromatic rings. The molecule has 0 saturated carbocycles. The first kappa shape index (κ1) is 23.3. The van der Waals surface area contributed by atoms with E-state index >= 15 is 0 Å². The predicted molar refractivity (Wildman–Crippen MR) is 145 cm³/mol. The van der Waals surface area contributed by atoms with Crippen molar-refractivity contribution >= 4 is 0 Å². The lowest BCUT2D eigenvalue weighted by Gasteiger charge is -2.30. The van der Waals surface area contributed by atoms with E-state index in [0.29, 0.717) is 0 Å². The number of benzene rings is 4. The van der Waals surface area contributed by atoms with Crippen molar-refractivity contribution in [3.63, 3.8) is 0 Å². The Morgan fingerprint density at radius 2 is 0.526 bits per heavy atom. The Bertz CT molecular complexity index is 1210. The van der Waals surface area contributed by atoms with Gasteiger partial charge in [0, 0.05) is 0 Å². The minimum absolute atomic E-state index is 0.263. The standard InChI is InChI=1S/C34H28O4/c1-5-13-25(14-6-1)29-30(26-15-7-2-8-16-26)36-33(35-29)21-23-34(24-22-33)37-31(27-17-9-3-10-18-27)32(38-34)28-19-11-4-12-20-28/h1-24,29-32H/t29-,30-,31-,32-/m0/s1. The Morgan fingerprint density at radius 3 is 0.737 bits per heavy atom. The average molecular weight is 501 g/mol. The molecule has 0 bridgehead atoms. The van der Waals surface area contributed by atoms with Crippen molar-refractivity contribution in [2.45, 2.75) is 36.0 Å². The van der Waals surface area contributed by atoms with Crippen LogP contribution in [-0.2, 0) is 18.9 Å². The topological polar surface area (TPSA) is 36.9 Å². The fourth-order valence-electron chi connectivity index (χ4n) is 5.53. The van der Waals surface area contributed by atoms with E-state index in [9.17, 15) is 0 Å². The van der Waals surface area contributed by atoms with Gasteiger partial charge in [-0.2, -0.15) is 0 Å². The van der Waals surface area contributed by atoms with E-state index in [2.05, 4.69) is 48.5 Å². The summed E-state index contributed by atoms with van der Waals surface area (Å²) in [5.74, 6) is -2.04. The van der Waals surface area contributed by atoms with Gasteiger partial charge in [0.2, 0.25) is 11.6 Å². The Morgan fingerprint density at radius 1 is 0.316 bits per heavy atom. The lowest BCUT2D eigenvalue weighted by molar-refractivity contribution is -0.127. The summed E-state index contributed by atoms with van der Waals surface area (Å²) in [5.41, 5.74) is 4.29. The minimum atomic E-state index is -1.02. The summed E-state index contributed by atoms with van der Waals surface area (Å²) in [6, 6.07) is 40.9. The van der Waals surface area contributed by atoms with Gasteiger partial charge in [0.1, 0.15) is 24.4 Å². The van der Waals surface area contributed by atoms with Crippen LogP contribution in [0.1, 0.15) is 46.7 Å². The van der Waals surface area contributed by atoms with E-state index in [1.165, 1.54) is 0 Å². The molecule has 4 heteroatoms. The van der Waals surface area contributed by atoms with Gasteiger partial charge < -0.3 is 18.9 Å². The summed E-state index contributed by atoms with van der Waals surface area (Å²) in [7, 11) is 0. The highest BCUT2D eigenvalue weighted by Crippen LogP contribution is 2.53. The van der Waals surface area contributed by atoms with Crippen molar-refractivity contribution in [1.29, 1.82) is 0 Å². The molecule has 4 atom stereocenters. The summed E-state index contributed by atoms with van der Waals surface area (Å²) in [4.78, 5) is 0. The largest absolute Gasteiger partial charge is 0.332 e. The zero-order valence-electron chi connectivity index (χ0n) is 20.8. The van der Waals surface area contributed by atoms with E-state index < -0.39 is 11.6 Å². The first-order chi connectivity index (χ1) is 18.7. The highest BCUT2D eigenvalue weighted by Gasteiger charge is 2.52. The molecule has 0 unspecified atom stereocenters. The molecule has 3 aliphatic rings. The second kappa shape index (κ2) is 9.50. The third-order valence-corrected chi connectivity index (χ3v) is 7.40. The van der Waals surface area contributed by atoms with Crippen molar-refractivity contribution in [2.75, 3.05) is 0 Å². The van der Waals surface area contributed by atoms with Gasteiger partial charge in [0.15, 0.2) is 0 Å². The average Bonchev–Trinajstić information content (AvgIpc) is 3.57. The van der Waals surface area contributed by atoms with E-state index in [4.69, 9.17) is 18.9 Å². The highest BCUT2D eigenvalue weighted by molar-refractivity contribution is 5.35. The van der Waals surface area contributed by atoms with Crippen molar-refractivity contribution in [3.05, 3.63) is 168 Å². The summed E-state index contributed by atoms with van der Waals surface area (Å²) in [5, 5.41) is 0. The zero-order valence-corrected chi connectivity index (χ0v) is 20.8. The summed E-state index contributed by atoms with van der Waals surface area (Å²) >= 11 is 0. The van der Waals surface area contributed by atoms with Crippen LogP contribution in [0.4, 0.5) is 0 Å². The lowest BCUT2D eigenvalue weighted by atomic mass is 9.99. The van der Waals surface area contributed by atoms with Gasteiger partial charge in [0.05, 0.1) is 0 Å². The van der Waals surface area contributed by atoms with Gasteiger partial charge >= 0.3 is 0 Å². The van der Waals surface area contributed by atoms with E-state index in [0.717, 1.165) is 22.3 Å². The molecule has 0 radical (unpaired) electrons. The molecule has 0 aromatic heterocycles. The number of ether oxygens (including phenoxy) is 4. The SMILES string of the molecule is C1=CC2(C=CC13O[C@@H](c1ccccc1)[C@H](c1ccccc1)O3)O[C@@H](c1ccccc1)[C@H](c1ccccc1)O2. The summed E-state index contributed by atoms with van der Waals surface area (Å²) in [6.45, 7) is 0. The van der Waals surface area contributed by atoms with Gasteiger partial charge in [-0.05, 0) is 46.6 Å². The number of hydrogen-bond acceptors (Lipinski definition) is 4. The van der Waals surface area contributed by atoms with Crippen LogP contribution in [0.5, 0.6) is 0 Å². The zero-order chi connectivity index (χ0) is 25.4. The number of rotatable bonds is 4. The van der Waals surface area contributed by atoms with Gasteiger partial charge in [-0.15, -0.1) is 0 Å². The second-order valence-corrected chi connectivity index (χ2v) is 9.91. The first-order valence-electron chi connectivity index (χ1n) is 13.0. The molecular weight excluding hydrogens is 472 g/mol. The molecule has 0 amide bonds. The van der Waals surface area contributed by atoms with E-state index in [1.807, 2.05) is 97.1 Å². The second-order valence-electron chi connectivity index (χ2n) is 9.91. The van der Waals surface area contributed by atoms with Crippen LogP contribution in [0.3, 0.4) is 0 Å². The molecular formula is C34H28O4. The molecule has 38 heavy (non-hydrogen) atoms. The molecule has 4 aromatic carbocycles. The molecule has 2 fully saturated rings. The van der Waals surface area contributed by atoms with Crippen LogP contribution in [0.15, 0.2) is 146 Å². The quantitative estimate of drug-likeness (QED) is 0.271. The Kier molecular flexibility index (Phi) is 5.83. The van der Waals surface area contributed by atoms with Crippen molar-refractivity contribution in [1.82, 2.24) is 0 Å². The smallest absolute Gasteiger partial charge is 0.209 e. The van der Waals surface area contributed by atoms with Crippen molar-refractivity contribution in [3.8, 4) is 0 Å². The van der Waals surface area contributed by atoms with E-state index in [-0.39, 0.29) is 24.4 Å². The van der Waals surface area contributed by atoms with Crippen LogP contribution >= 0.6 is 0 Å². The fourth-order valence-corrected chi connectivity index (χ4v) is 5.53. The molecule has 2 spiro atoms. The Hall–Kier alpha value is -3.80. The summed E-state index contributed by atoms with van der Waals surface area (Å²) in [6.07, 6.45) is 6.68. The van der Waals surface area contributed by atoms with Crippen LogP contribution in [-0.4, -0.2) is 11.6 Å². The predicted octanol–water partition coefficient (Wildman–Crippen LogP) is 7.56. The Balaban J connectivity index is 1.21. The lowest BCUT2D eigenvalue weighted by Crippen LogP contribution is -2.35. The summed E-state index contributed by atoms with van der Waals surface area (Å²) < 4.78 is 26.6. The minimum Gasteiger partial charge on any atom is -0.332 e. The molecule has 1 aliphatic carbocycles. The van der Waals surface area contributed by atoms with Crippen LogP contribution in [0.2, 0.25) is 0 Å². The number of hydrogen-bond donors (Lipinski definition) is 0. The molecule has 2 heterocycles. The first-order valence-corrected chi connectivity index (χ1v) is 13.0. The fraction of sp³-hybridized carbons (Fsp3) is 0.176. The van der Waals surface area contributed by atoms with Gasteiger partial charge in [-0.1, -0.05) is 121 Å².